The van der Waals surface area contributed by atoms with Gasteiger partial charge in [-0.3, -0.25) is 0 Å². The van der Waals surface area contributed by atoms with Crippen LogP contribution in [0.15, 0.2) is 48.8 Å². The molecule has 184 valence electrons. The average Bonchev–Trinajstić information content (AvgIpc) is 3.16. The second-order valence-corrected chi connectivity index (χ2v) is 6.12. The Balaban J connectivity index is 0.000000343. The fourth-order valence-corrected chi connectivity index (χ4v) is 2.08. The molecule has 9 nitrogen and oxygen atoms in total. The molecular weight excluding hydrogens is 480 g/mol. The number of carboxylic acid groups (broad SMARTS) is 3. The number of aromatic nitrogens is 2. The Bertz CT molecular complexity index is 1130. The summed E-state index contributed by atoms with van der Waals surface area (Å²) in [6.07, 6.45) is -6.32. The molecule has 0 spiro atoms. The van der Waals surface area contributed by atoms with E-state index in [9.17, 15) is 31.1 Å². The molecule has 3 rings (SSSR count). The smallest absolute Gasteiger partial charge is 0.478 e. The standard InChI is InChI=1S/C15H13N3O2.2C2HF3O2/c16-7-10-1-6-14-17-13(9-18(14)8-10)11-2-4-12(5-3-11)15(19)20;2*3-2(4,5)1(6)7/h1-6,8-9H,7,16H2,(H,19,20);2*(H,6,7). The molecule has 0 amide bonds. The third kappa shape index (κ3) is 8.42. The largest absolute Gasteiger partial charge is 0.490 e. The number of hydrogen-bond acceptors (Lipinski definition) is 5. The van der Waals surface area contributed by atoms with E-state index >= 15 is 0 Å². The van der Waals surface area contributed by atoms with Gasteiger partial charge in [-0.2, -0.15) is 26.3 Å². The minimum Gasteiger partial charge on any atom is -0.478 e. The maximum absolute atomic E-state index is 10.8. The fraction of sp³-hybridized carbons (Fsp3) is 0.158. The van der Waals surface area contributed by atoms with Gasteiger partial charge < -0.3 is 25.5 Å². The third-order valence-corrected chi connectivity index (χ3v) is 3.66. The summed E-state index contributed by atoms with van der Waals surface area (Å²) in [6, 6.07) is 10.5. The lowest BCUT2D eigenvalue weighted by Gasteiger charge is -1.97. The van der Waals surface area contributed by atoms with Gasteiger partial charge in [-0.1, -0.05) is 18.2 Å². The van der Waals surface area contributed by atoms with E-state index in [1.165, 1.54) is 0 Å². The van der Waals surface area contributed by atoms with Crippen molar-refractivity contribution in [3.63, 3.8) is 0 Å². The lowest BCUT2D eigenvalue weighted by atomic mass is 10.1. The van der Waals surface area contributed by atoms with Crippen molar-refractivity contribution in [1.29, 1.82) is 0 Å². The minimum atomic E-state index is -5.08. The van der Waals surface area contributed by atoms with Gasteiger partial charge in [0.2, 0.25) is 0 Å². The number of pyridine rings is 1. The van der Waals surface area contributed by atoms with Crippen LogP contribution in [0, 0.1) is 0 Å². The quantitative estimate of drug-likeness (QED) is 0.403. The molecule has 5 N–H and O–H groups in total. The topological polar surface area (TPSA) is 155 Å². The number of imidazole rings is 1. The van der Waals surface area contributed by atoms with E-state index in [0.717, 1.165) is 22.5 Å². The molecule has 0 fully saturated rings. The SMILES string of the molecule is NCc1ccc2nc(-c3ccc(C(=O)O)cc3)cn2c1.O=C(O)C(F)(F)F.O=C(O)C(F)(F)F. The molecule has 0 atom stereocenters. The number of halogens is 6. The first-order valence-corrected chi connectivity index (χ1v) is 8.68. The Morgan fingerprint density at radius 2 is 1.29 bits per heavy atom. The summed E-state index contributed by atoms with van der Waals surface area (Å²) in [5.41, 5.74) is 9.43. The highest BCUT2D eigenvalue weighted by molar-refractivity contribution is 5.88. The lowest BCUT2D eigenvalue weighted by molar-refractivity contribution is -0.193. The van der Waals surface area contributed by atoms with Crippen molar-refractivity contribution in [2.45, 2.75) is 18.9 Å². The number of carboxylic acids is 3. The first-order chi connectivity index (χ1) is 15.6. The number of hydrogen-bond donors (Lipinski definition) is 4. The van der Waals surface area contributed by atoms with Gasteiger partial charge in [0.1, 0.15) is 5.65 Å². The van der Waals surface area contributed by atoms with E-state index in [1.54, 1.807) is 24.3 Å². The zero-order valence-electron chi connectivity index (χ0n) is 16.6. The van der Waals surface area contributed by atoms with Crippen molar-refractivity contribution >= 4 is 23.6 Å². The predicted octanol–water partition coefficient (Wildman–Crippen LogP) is 3.42. The highest BCUT2D eigenvalue weighted by Gasteiger charge is 2.38. The predicted molar refractivity (Wildman–Crippen MR) is 103 cm³/mol. The molecule has 15 heteroatoms. The number of alkyl halides is 6. The second-order valence-electron chi connectivity index (χ2n) is 6.12. The van der Waals surface area contributed by atoms with E-state index in [-0.39, 0.29) is 5.56 Å². The van der Waals surface area contributed by atoms with E-state index in [1.807, 2.05) is 28.9 Å². The summed E-state index contributed by atoms with van der Waals surface area (Å²) < 4.78 is 65.4. The van der Waals surface area contributed by atoms with Crippen molar-refractivity contribution in [1.82, 2.24) is 9.38 Å². The monoisotopic (exact) mass is 495 g/mol. The zero-order chi connectivity index (χ0) is 26.3. The molecule has 0 unspecified atom stereocenters. The normalized spacial score (nSPS) is 11.0. The van der Waals surface area contributed by atoms with Crippen LogP contribution in [-0.4, -0.2) is 55.0 Å². The van der Waals surface area contributed by atoms with Crippen molar-refractivity contribution in [2.24, 2.45) is 5.73 Å². The van der Waals surface area contributed by atoms with Crippen molar-refractivity contribution in [2.75, 3.05) is 0 Å². The Hall–Kier alpha value is -4.14. The number of benzene rings is 1. The van der Waals surface area contributed by atoms with Crippen LogP contribution in [0.3, 0.4) is 0 Å². The molecule has 0 bridgehead atoms. The number of carbonyl (C=O) groups is 3. The van der Waals surface area contributed by atoms with Crippen LogP contribution in [0.4, 0.5) is 26.3 Å². The molecule has 0 saturated heterocycles. The molecule has 3 aromatic rings. The van der Waals surface area contributed by atoms with Crippen LogP contribution in [0.5, 0.6) is 0 Å². The van der Waals surface area contributed by atoms with Gasteiger partial charge in [0, 0.05) is 24.5 Å². The summed E-state index contributed by atoms with van der Waals surface area (Å²) in [5, 5.41) is 23.1. The average molecular weight is 495 g/mol. The van der Waals surface area contributed by atoms with Gasteiger partial charge in [0.25, 0.3) is 0 Å². The van der Waals surface area contributed by atoms with Gasteiger partial charge in [-0.25, -0.2) is 19.4 Å². The number of aromatic carboxylic acids is 1. The van der Waals surface area contributed by atoms with Crippen molar-refractivity contribution in [3.05, 3.63) is 59.9 Å². The number of aliphatic carboxylic acids is 2. The molecule has 0 radical (unpaired) electrons. The number of rotatable bonds is 3. The molecule has 0 aliphatic rings. The molecule has 34 heavy (non-hydrogen) atoms. The molecule has 1 aromatic carbocycles. The van der Waals surface area contributed by atoms with E-state index in [4.69, 9.17) is 30.6 Å². The van der Waals surface area contributed by atoms with Crippen molar-refractivity contribution < 1.29 is 56.0 Å². The molecular formula is C19H15F6N3O6. The second kappa shape index (κ2) is 11.1. The van der Waals surface area contributed by atoms with Crippen LogP contribution in [0.1, 0.15) is 15.9 Å². The van der Waals surface area contributed by atoms with Gasteiger partial charge >= 0.3 is 30.3 Å². The highest BCUT2D eigenvalue weighted by atomic mass is 19.4. The fourth-order valence-electron chi connectivity index (χ4n) is 2.08. The lowest BCUT2D eigenvalue weighted by Crippen LogP contribution is -2.21. The third-order valence-electron chi connectivity index (χ3n) is 3.66. The molecule has 2 heterocycles. The minimum absolute atomic E-state index is 0.267. The first-order valence-electron chi connectivity index (χ1n) is 8.68. The highest BCUT2D eigenvalue weighted by Crippen LogP contribution is 2.20. The molecule has 0 aliphatic carbocycles. The van der Waals surface area contributed by atoms with E-state index < -0.39 is 30.3 Å². The Morgan fingerprint density at radius 3 is 1.68 bits per heavy atom. The van der Waals surface area contributed by atoms with Gasteiger partial charge in [0.05, 0.1) is 11.3 Å². The van der Waals surface area contributed by atoms with Crippen LogP contribution in [-0.2, 0) is 16.1 Å². The van der Waals surface area contributed by atoms with E-state index in [0.29, 0.717) is 6.54 Å². The van der Waals surface area contributed by atoms with Gasteiger partial charge in [0.15, 0.2) is 0 Å². The molecule has 0 aliphatic heterocycles. The Kier molecular flexibility index (Phi) is 9.13. The van der Waals surface area contributed by atoms with E-state index in [2.05, 4.69) is 4.98 Å². The van der Waals surface area contributed by atoms with Gasteiger partial charge in [-0.05, 0) is 23.8 Å². The first kappa shape index (κ1) is 27.9. The van der Waals surface area contributed by atoms with Crippen LogP contribution >= 0.6 is 0 Å². The number of nitrogens with zero attached hydrogens (tertiary/aromatic N) is 2. The summed E-state index contributed by atoms with van der Waals surface area (Å²) in [7, 11) is 0. The molecule has 2 aromatic heterocycles. The summed E-state index contributed by atoms with van der Waals surface area (Å²) >= 11 is 0. The van der Waals surface area contributed by atoms with Crippen LogP contribution in [0.2, 0.25) is 0 Å². The summed E-state index contributed by atoms with van der Waals surface area (Å²) in [4.78, 5) is 33.1. The maximum atomic E-state index is 10.8. The summed E-state index contributed by atoms with van der Waals surface area (Å²) in [5.74, 6) is -6.45. The van der Waals surface area contributed by atoms with Crippen LogP contribution in [0.25, 0.3) is 16.9 Å². The van der Waals surface area contributed by atoms with Crippen molar-refractivity contribution in [3.8, 4) is 11.3 Å². The summed E-state index contributed by atoms with van der Waals surface area (Å²) in [6.45, 7) is 0.483. The maximum Gasteiger partial charge on any atom is 0.490 e. The Labute approximate surface area is 185 Å². The number of nitrogens with two attached hydrogens (primary N) is 1. The van der Waals surface area contributed by atoms with Gasteiger partial charge in [-0.15, -0.1) is 0 Å². The number of fused-ring (bicyclic) bond motifs is 1. The Morgan fingerprint density at radius 1 is 0.824 bits per heavy atom. The zero-order valence-corrected chi connectivity index (χ0v) is 16.6. The molecule has 0 saturated carbocycles. The van der Waals surface area contributed by atoms with Crippen LogP contribution < -0.4 is 5.73 Å².